The fourth-order valence-corrected chi connectivity index (χ4v) is 2.51. The highest BCUT2D eigenvalue weighted by Crippen LogP contribution is 2.46. The molecule has 1 saturated carbocycles. The van der Waals surface area contributed by atoms with Crippen LogP contribution in [-0.4, -0.2) is 19.0 Å². The summed E-state index contributed by atoms with van der Waals surface area (Å²) in [5.74, 6) is -0.818. The third-order valence-corrected chi connectivity index (χ3v) is 4.06. The highest BCUT2D eigenvalue weighted by Gasteiger charge is 2.51. The monoisotopic (exact) mass is 264 g/mol. The second-order valence-electron chi connectivity index (χ2n) is 4.26. The van der Waals surface area contributed by atoms with Gasteiger partial charge in [0.15, 0.2) is 0 Å². The maximum absolute atomic E-state index is 12.0. The van der Waals surface area contributed by atoms with Crippen molar-refractivity contribution in [2.75, 3.05) is 12.4 Å². The fourth-order valence-electron chi connectivity index (χ4n) is 1.59. The molecule has 5 nitrogen and oxygen atoms in total. The third-order valence-electron chi connectivity index (χ3n) is 2.98. The lowest BCUT2D eigenvalue weighted by Crippen LogP contribution is -2.23. The molecule has 94 valence electrons. The zero-order chi connectivity index (χ0) is 13.3. The molecule has 0 bridgehead atoms. The Morgan fingerprint density at radius 3 is 2.72 bits per heavy atom. The molecule has 1 amide bonds. The average molecular weight is 264 g/mol. The van der Waals surface area contributed by atoms with E-state index in [0.717, 1.165) is 5.56 Å². The Morgan fingerprint density at radius 1 is 1.56 bits per heavy atom. The first-order valence-corrected chi connectivity index (χ1v) is 6.31. The van der Waals surface area contributed by atoms with Crippen molar-refractivity contribution in [3.63, 3.8) is 0 Å². The van der Waals surface area contributed by atoms with Gasteiger partial charge in [0.25, 0.3) is 0 Å². The van der Waals surface area contributed by atoms with Crippen molar-refractivity contribution in [1.29, 1.82) is 5.26 Å². The molecule has 0 radical (unpaired) electrons. The normalized spacial score (nSPS) is 15.6. The molecule has 0 aliphatic heterocycles. The number of hydrogen-bond donors (Lipinski definition) is 1. The van der Waals surface area contributed by atoms with Crippen molar-refractivity contribution in [2.45, 2.75) is 19.8 Å². The molecule has 0 aromatic carbocycles. The van der Waals surface area contributed by atoms with Crippen LogP contribution in [0.1, 0.15) is 28.1 Å². The number of aryl methyl sites for hydroxylation is 1. The molecule has 1 N–H and O–H groups in total. The van der Waals surface area contributed by atoms with E-state index in [1.165, 1.54) is 18.4 Å². The molecule has 18 heavy (non-hydrogen) atoms. The molecular weight excluding hydrogens is 252 g/mol. The minimum Gasteiger partial charge on any atom is -0.465 e. The van der Waals surface area contributed by atoms with Crippen LogP contribution in [0, 0.1) is 23.7 Å². The summed E-state index contributed by atoms with van der Waals surface area (Å²) in [4.78, 5) is 23.9. The van der Waals surface area contributed by atoms with Crippen molar-refractivity contribution in [3.05, 3.63) is 15.8 Å². The highest BCUT2D eigenvalue weighted by atomic mass is 32.1. The molecule has 1 aromatic heterocycles. The number of carbonyl (C=O) groups is 2. The van der Waals surface area contributed by atoms with Gasteiger partial charge in [-0.25, -0.2) is 4.79 Å². The molecule has 1 aromatic rings. The zero-order valence-electron chi connectivity index (χ0n) is 10.1. The van der Waals surface area contributed by atoms with Gasteiger partial charge in [0.05, 0.1) is 18.9 Å². The lowest BCUT2D eigenvalue weighted by molar-refractivity contribution is -0.119. The number of thiophene rings is 1. The quantitative estimate of drug-likeness (QED) is 0.848. The van der Waals surface area contributed by atoms with Gasteiger partial charge in [-0.15, -0.1) is 11.3 Å². The number of nitrogens with zero attached hydrogens (tertiary/aromatic N) is 1. The summed E-state index contributed by atoms with van der Waals surface area (Å²) in [7, 11) is 1.29. The first-order valence-electron chi connectivity index (χ1n) is 5.43. The van der Waals surface area contributed by atoms with Crippen LogP contribution in [0.5, 0.6) is 0 Å². The van der Waals surface area contributed by atoms with E-state index in [0.29, 0.717) is 23.4 Å². The van der Waals surface area contributed by atoms with Crippen molar-refractivity contribution < 1.29 is 14.3 Å². The molecule has 6 heteroatoms. The first kappa shape index (κ1) is 12.6. The van der Waals surface area contributed by atoms with Crippen LogP contribution in [0.2, 0.25) is 0 Å². The summed E-state index contributed by atoms with van der Waals surface area (Å²) in [6.07, 6.45) is 1.15. The maximum Gasteiger partial charge on any atom is 0.350 e. The number of methoxy groups -OCH3 is 1. The molecule has 2 rings (SSSR count). The van der Waals surface area contributed by atoms with Crippen LogP contribution in [0.4, 0.5) is 5.69 Å². The van der Waals surface area contributed by atoms with E-state index >= 15 is 0 Å². The molecular formula is C12H12N2O3S. The summed E-state index contributed by atoms with van der Waals surface area (Å²) < 4.78 is 4.65. The van der Waals surface area contributed by atoms with Crippen LogP contribution in [0.15, 0.2) is 5.38 Å². The standard InChI is InChI=1S/C12H12N2O3S/c1-7-5-18-9(10(15)17-2)8(7)14-11(16)12(6-13)3-4-12/h5H,3-4H2,1-2H3,(H,14,16). The molecule has 0 unspecified atom stereocenters. The van der Waals surface area contributed by atoms with Crippen LogP contribution in [0.25, 0.3) is 0 Å². The van der Waals surface area contributed by atoms with Gasteiger partial charge in [-0.3, -0.25) is 4.79 Å². The van der Waals surface area contributed by atoms with Crippen LogP contribution >= 0.6 is 11.3 Å². The first-order chi connectivity index (χ1) is 8.54. The maximum atomic E-state index is 12.0. The van der Waals surface area contributed by atoms with Crippen molar-refractivity contribution >= 4 is 28.9 Å². The largest absolute Gasteiger partial charge is 0.465 e. The smallest absolute Gasteiger partial charge is 0.350 e. The Labute approximate surface area is 108 Å². The Bertz CT molecular complexity index is 552. The van der Waals surface area contributed by atoms with E-state index in [4.69, 9.17) is 5.26 Å². The highest BCUT2D eigenvalue weighted by molar-refractivity contribution is 7.12. The van der Waals surface area contributed by atoms with Crippen LogP contribution in [0.3, 0.4) is 0 Å². The predicted molar refractivity (Wildman–Crippen MR) is 66.3 cm³/mol. The molecule has 1 fully saturated rings. The van der Waals surface area contributed by atoms with E-state index in [-0.39, 0.29) is 5.91 Å². The molecule has 1 aliphatic carbocycles. The summed E-state index contributed by atoms with van der Waals surface area (Å²) in [6.45, 7) is 1.80. The van der Waals surface area contributed by atoms with Gasteiger partial charge in [0.2, 0.25) is 5.91 Å². The summed E-state index contributed by atoms with van der Waals surface area (Å²) in [5, 5.41) is 13.4. The predicted octanol–water partition coefficient (Wildman–Crippen LogP) is 2.09. The van der Waals surface area contributed by atoms with Crippen molar-refractivity contribution in [3.8, 4) is 6.07 Å². The fraction of sp³-hybridized carbons (Fsp3) is 0.417. The average Bonchev–Trinajstić information content (AvgIpc) is 3.10. The van der Waals surface area contributed by atoms with Gasteiger partial charge < -0.3 is 10.1 Å². The van der Waals surface area contributed by atoms with E-state index in [1.807, 2.05) is 6.07 Å². The number of nitrogens with one attached hydrogen (secondary N) is 1. The number of carbonyl (C=O) groups excluding carboxylic acids is 2. The second kappa shape index (κ2) is 4.42. The van der Waals surface area contributed by atoms with Crippen LogP contribution in [-0.2, 0) is 9.53 Å². The molecule has 1 heterocycles. The number of hydrogen-bond acceptors (Lipinski definition) is 5. The van der Waals surface area contributed by atoms with Crippen molar-refractivity contribution in [1.82, 2.24) is 0 Å². The molecule has 0 atom stereocenters. The van der Waals surface area contributed by atoms with Crippen molar-refractivity contribution in [2.24, 2.45) is 5.41 Å². The number of ether oxygens (including phenoxy) is 1. The topological polar surface area (TPSA) is 79.2 Å². The summed E-state index contributed by atoms with van der Waals surface area (Å²) in [5.41, 5.74) is 0.350. The van der Waals surface area contributed by atoms with Gasteiger partial charge in [0, 0.05) is 0 Å². The molecule has 0 saturated heterocycles. The molecule has 0 spiro atoms. The van der Waals surface area contributed by atoms with Gasteiger partial charge in [-0.2, -0.15) is 5.26 Å². The minimum atomic E-state index is -0.901. The Balaban J connectivity index is 2.24. The molecule has 1 aliphatic rings. The summed E-state index contributed by atoms with van der Waals surface area (Å²) >= 11 is 1.22. The second-order valence-corrected chi connectivity index (χ2v) is 5.14. The Hall–Kier alpha value is -1.87. The Kier molecular flexibility index (Phi) is 3.09. The third kappa shape index (κ3) is 1.97. The number of anilines is 1. The van der Waals surface area contributed by atoms with E-state index < -0.39 is 11.4 Å². The van der Waals surface area contributed by atoms with Gasteiger partial charge >= 0.3 is 5.97 Å². The lowest BCUT2D eigenvalue weighted by atomic mass is 10.1. The SMILES string of the molecule is COC(=O)c1scc(C)c1NC(=O)C1(C#N)CC1. The summed E-state index contributed by atoms with van der Waals surface area (Å²) in [6, 6.07) is 2.02. The number of nitriles is 1. The number of amides is 1. The van der Waals surface area contributed by atoms with Gasteiger partial charge in [0.1, 0.15) is 10.3 Å². The number of esters is 1. The number of rotatable bonds is 3. The van der Waals surface area contributed by atoms with E-state index in [1.54, 1.807) is 12.3 Å². The van der Waals surface area contributed by atoms with E-state index in [9.17, 15) is 9.59 Å². The van der Waals surface area contributed by atoms with E-state index in [2.05, 4.69) is 10.1 Å². The Morgan fingerprint density at radius 2 is 2.22 bits per heavy atom. The minimum absolute atomic E-state index is 0.336. The van der Waals surface area contributed by atoms with Gasteiger partial charge in [-0.1, -0.05) is 0 Å². The van der Waals surface area contributed by atoms with Gasteiger partial charge in [-0.05, 0) is 30.7 Å². The zero-order valence-corrected chi connectivity index (χ0v) is 10.9. The van der Waals surface area contributed by atoms with Crippen LogP contribution < -0.4 is 5.32 Å². The lowest BCUT2D eigenvalue weighted by Gasteiger charge is -2.09.